The van der Waals surface area contributed by atoms with Crippen molar-refractivity contribution in [1.82, 2.24) is 0 Å². The van der Waals surface area contributed by atoms with E-state index in [1.807, 2.05) is 0 Å². The van der Waals surface area contributed by atoms with Crippen molar-refractivity contribution >= 4 is 11.9 Å². The molecule has 0 bridgehead atoms. The molecule has 0 aromatic heterocycles. The number of carbonyl (C=O) groups excluding carboxylic acids is 1. The number of hydrogen-bond acceptors (Lipinski definition) is 3. The number of carbonyl (C=O) groups is 2. The van der Waals surface area contributed by atoms with Gasteiger partial charge in [0.05, 0.1) is 18.5 Å². The Hall–Kier alpha value is -1.34. The molecule has 136 valence electrons. The highest BCUT2D eigenvalue weighted by Crippen LogP contribution is 2.30. The van der Waals surface area contributed by atoms with Crippen molar-refractivity contribution in [2.75, 3.05) is 6.67 Å². The van der Waals surface area contributed by atoms with Gasteiger partial charge in [-0.1, -0.05) is 0 Å². The summed E-state index contributed by atoms with van der Waals surface area (Å²) in [6.45, 7) is 3.98. The number of alkyl halides is 4. The third-order valence-electron chi connectivity index (χ3n) is 3.14. The van der Waals surface area contributed by atoms with Gasteiger partial charge in [0.1, 0.15) is 5.60 Å². The summed E-state index contributed by atoms with van der Waals surface area (Å²) in [4.78, 5) is 23.5. The van der Waals surface area contributed by atoms with Crippen LogP contribution in [-0.2, 0) is 14.3 Å². The van der Waals surface area contributed by atoms with Crippen molar-refractivity contribution in [2.45, 2.75) is 64.7 Å². The maximum absolute atomic E-state index is 12.3. The van der Waals surface area contributed by atoms with E-state index in [9.17, 15) is 32.3 Å². The number of ether oxygens (including phenoxy) is 1. The van der Waals surface area contributed by atoms with Crippen LogP contribution in [0.1, 0.15) is 52.9 Å². The molecule has 0 saturated heterocycles. The van der Waals surface area contributed by atoms with Crippen molar-refractivity contribution in [3.63, 3.8) is 0 Å². The van der Waals surface area contributed by atoms with Gasteiger partial charge in [0.25, 0.3) is 0 Å². The minimum Gasteiger partial charge on any atom is -0.481 e. The number of carboxylic acid groups (broad SMARTS) is 1. The Morgan fingerprint density at radius 3 is 1.96 bits per heavy atom. The van der Waals surface area contributed by atoms with Gasteiger partial charge < -0.3 is 9.84 Å². The topological polar surface area (TPSA) is 63.6 Å². The van der Waals surface area contributed by atoms with Crippen LogP contribution in [0.15, 0.2) is 0 Å². The zero-order valence-corrected chi connectivity index (χ0v) is 13.6. The SMILES string of the molecule is CC(C)(C)OC(=O)[C@@H](CCCC(F)(F)F)[C@@H](CCCF)C(=O)O. The fourth-order valence-corrected chi connectivity index (χ4v) is 2.18. The highest BCUT2D eigenvalue weighted by molar-refractivity contribution is 5.81. The lowest BCUT2D eigenvalue weighted by atomic mass is 9.84. The Bertz CT molecular complexity index is 388. The summed E-state index contributed by atoms with van der Waals surface area (Å²) in [7, 11) is 0. The number of halogens is 4. The molecule has 4 nitrogen and oxygen atoms in total. The van der Waals surface area contributed by atoms with E-state index in [2.05, 4.69) is 0 Å². The van der Waals surface area contributed by atoms with Crippen LogP contribution in [0.4, 0.5) is 17.6 Å². The highest BCUT2D eigenvalue weighted by Gasteiger charge is 2.37. The first-order valence-electron chi connectivity index (χ1n) is 7.46. The molecule has 0 aromatic carbocycles. The lowest BCUT2D eigenvalue weighted by Gasteiger charge is -2.27. The largest absolute Gasteiger partial charge is 0.481 e. The average Bonchev–Trinajstić information content (AvgIpc) is 2.33. The molecule has 0 rings (SSSR count). The summed E-state index contributed by atoms with van der Waals surface area (Å²) >= 11 is 0. The lowest BCUT2D eigenvalue weighted by Crippen LogP contribution is -2.36. The Labute approximate surface area is 133 Å². The van der Waals surface area contributed by atoms with E-state index in [0.29, 0.717) is 0 Å². The first-order chi connectivity index (χ1) is 10.4. The molecule has 2 atom stereocenters. The molecule has 23 heavy (non-hydrogen) atoms. The van der Waals surface area contributed by atoms with Gasteiger partial charge in [-0.2, -0.15) is 13.2 Å². The number of esters is 1. The van der Waals surface area contributed by atoms with Crippen LogP contribution in [0, 0.1) is 11.8 Å². The van der Waals surface area contributed by atoms with Crippen LogP contribution in [0.3, 0.4) is 0 Å². The van der Waals surface area contributed by atoms with Gasteiger partial charge in [0.2, 0.25) is 0 Å². The van der Waals surface area contributed by atoms with E-state index in [-0.39, 0.29) is 25.7 Å². The van der Waals surface area contributed by atoms with Crippen LogP contribution in [0.25, 0.3) is 0 Å². The van der Waals surface area contributed by atoms with Crippen molar-refractivity contribution in [3.8, 4) is 0 Å². The molecule has 0 fully saturated rings. The van der Waals surface area contributed by atoms with Crippen molar-refractivity contribution in [1.29, 1.82) is 0 Å². The molecule has 0 amide bonds. The fourth-order valence-electron chi connectivity index (χ4n) is 2.18. The fraction of sp³-hybridized carbons (Fsp3) is 0.867. The van der Waals surface area contributed by atoms with Gasteiger partial charge in [-0.3, -0.25) is 14.0 Å². The summed E-state index contributed by atoms with van der Waals surface area (Å²) < 4.78 is 54.2. The zero-order chi connectivity index (χ0) is 18.3. The third kappa shape index (κ3) is 10.1. The van der Waals surface area contributed by atoms with Crippen molar-refractivity contribution < 1.29 is 37.0 Å². The summed E-state index contributed by atoms with van der Waals surface area (Å²) in [5.41, 5.74) is -0.886. The highest BCUT2D eigenvalue weighted by atomic mass is 19.4. The molecule has 8 heteroatoms. The lowest BCUT2D eigenvalue weighted by molar-refractivity contribution is -0.168. The second-order valence-electron chi connectivity index (χ2n) is 6.42. The van der Waals surface area contributed by atoms with Crippen LogP contribution < -0.4 is 0 Å². The quantitative estimate of drug-likeness (QED) is 0.505. The standard InChI is InChI=1S/C15H24F4O4/c1-14(2,3)23-13(22)11(6-4-8-15(17,18)19)10(12(20)21)7-5-9-16/h10-11H,4-9H2,1-3H3,(H,20,21)/t10-,11+/m1/s1. The van der Waals surface area contributed by atoms with E-state index in [4.69, 9.17) is 4.74 Å². The molecule has 0 aromatic rings. The van der Waals surface area contributed by atoms with Crippen LogP contribution in [0.2, 0.25) is 0 Å². The number of rotatable bonds is 9. The van der Waals surface area contributed by atoms with E-state index < -0.39 is 48.6 Å². The van der Waals surface area contributed by atoms with E-state index >= 15 is 0 Å². The van der Waals surface area contributed by atoms with Gasteiger partial charge >= 0.3 is 18.1 Å². The molecule has 0 aliphatic rings. The van der Waals surface area contributed by atoms with Crippen molar-refractivity contribution in [3.05, 3.63) is 0 Å². The Balaban J connectivity index is 5.08. The van der Waals surface area contributed by atoms with E-state index in [0.717, 1.165) is 0 Å². The average molecular weight is 344 g/mol. The van der Waals surface area contributed by atoms with Crippen LogP contribution in [0.5, 0.6) is 0 Å². The number of hydrogen-bond donors (Lipinski definition) is 1. The van der Waals surface area contributed by atoms with E-state index in [1.54, 1.807) is 20.8 Å². The molecular weight excluding hydrogens is 320 g/mol. The smallest absolute Gasteiger partial charge is 0.389 e. The van der Waals surface area contributed by atoms with Crippen LogP contribution >= 0.6 is 0 Å². The third-order valence-corrected chi connectivity index (χ3v) is 3.14. The normalized spacial score (nSPS) is 15.1. The molecular formula is C15H24F4O4. The molecule has 0 radical (unpaired) electrons. The molecule has 0 spiro atoms. The second kappa shape index (κ2) is 9.08. The molecule has 1 N–H and O–H groups in total. The summed E-state index contributed by atoms with van der Waals surface area (Å²) in [6, 6.07) is 0. The van der Waals surface area contributed by atoms with Gasteiger partial charge in [-0.15, -0.1) is 0 Å². The minimum absolute atomic E-state index is 0.0739. The Morgan fingerprint density at radius 2 is 1.57 bits per heavy atom. The monoisotopic (exact) mass is 344 g/mol. The van der Waals surface area contributed by atoms with Crippen LogP contribution in [-0.4, -0.2) is 35.5 Å². The van der Waals surface area contributed by atoms with Gasteiger partial charge in [-0.25, -0.2) is 0 Å². The molecule has 0 aliphatic heterocycles. The Morgan fingerprint density at radius 1 is 1.04 bits per heavy atom. The predicted octanol–water partition coefficient (Wildman–Crippen LogP) is 4.13. The maximum atomic E-state index is 12.3. The molecule has 0 unspecified atom stereocenters. The maximum Gasteiger partial charge on any atom is 0.389 e. The molecule has 0 saturated carbocycles. The first-order valence-corrected chi connectivity index (χ1v) is 7.46. The molecule has 0 aliphatic carbocycles. The Kier molecular flexibility index (Phi) is 8.55. The minimum atomic E-state index is -4.38. The zero-order valence-electron chi connectivity index (χ0n) is 13.6. The second-order valence-corrected chi connectivity index (χ2v) is 6.42. The number of carboxylic acids is 1. The van der Waals surface area contributed by atoms with E-state index in [1.165, 1.54) is 0 Å². The van der Waals surface area contributed by atoms with Crippen molar-refractivity contribution in [2.24, 2.45) is 11.8 Å². The molecule has 0 heterocycles. The summed E-state index contributed by atoms with van der Waals surface area (Å²) in [6.07, 6.45) is -6.33. The van der Waals surface area contributed by atoms with Gasteiger partial charge in [0.15, 0.2) is 0 Å². The van der Waals surface area contributed by atoms with Gasteiger partial charge in [-0.05, 0) is 46.5 Å². The summed E-state index contributed by atoms with van der Waals surface area (Å²) in [5.74, 6) is -4.67. The van der Waals surface area contributed by atoms with Gasteiger partial charge in [0, 0.05) is 6.42 Å². The number of aliphatic carboxylic acids is 1. The first kappa shape index (κ1) is 21.7. The summed E-state index contributed by atoms with van der Waals surface area (Å²) in [5, 5.41) is 9.22. The predicted molar refractivity (Wildman–Crippen MR) is 75.6 cm³/mol.